The molecule has 0 saturated heterocycles. The molecule has 9 heteroatoms. The Bertz CT molecular complexity index is 654. The third-order valence-electron chi connectivity index (χ3n) is 3.00. The summed E-state index contributed by atoms with van der Waals surface area (Å²) in [6.07, 6.45) is 0. The van der Waals surface area contributed by atoms with E-state index in [1.165, 1.54) is 0 Å². The molecule has 0 atom stereocenters. The highest BCUT2D eigenvalue weighted by Crippen LogP contribution is 2.64. The molecule has 0 heterocycles. The first kappa shape index (κ1) is 23.0. The van der Waals surface area contributed by atoms with Crippen molar-refractivity contribution in [1.82, 2.24) is 0 Å². The standard InChI is InChI=1S/C17H26NO5PS2/c1-6-21-17(19)16(26-24(25,22-7-2)23-8-3)13(4)18-14-9-11-15(20-5)12-10-14/h9-12,18H,6-8H2,1-5H3/b16-13+. The van der Waals surface area contributed by atoms with Crippen LogP contribution in [-0.2, 0) is 30.4 Å². The maximum Gasteiger partial charge on any atom is 0.346 e. The maximum absolute atomic E-state index is 12.5. The van der Waals surface area contributed by atoms with Gasteiger partial charge in [0.05, 0.1) is 26.9 Å². The fraction of sp³-hybridized carbons (Fsp3) is 0.471. The minimum Gasteiger partial charge on any atom is -0.497 e. The Labute approximate surface area is 164 Å². The number of rotatable bonds is 11. The van der Waals surface area contributed by atoms with Crippen LogP contribution in [0.5, 0.6) is 5.75 Å². The van der Waals surface area contributed by atoms with E-state index in [9.17, 15) is 4.79 Å². The number of allylic oxidation sites excluding steroid dienone is 1. The molecule has 1 aromatic rings. The van der Waals surface area contributed by atoms with Crippen molar-refractivity contribution < 1.29 is 23.3 Å². The Hall–Kier alpha value is -1.05. The highest BCUT2D eigenvalue weighted by Gasteiger charge is 2.27. The first-order chi connectivity index (χ1) is 12.4. The van der Waals surface area contributed by atoms with E-state index in [-0.39, 0.29) is 6.61 Å². The average Bonchev–Trinajstić information content (AvgIpc) is 2.61. The van der Waals surface area contributed by atoms with Crippen LogP contribution in [0.3, 0.4) is 0 Å². The second kappa shape index (κ2) is 11.6. The van der Waals surface area contributed by atoms with E-state index in [1.54, 1.807) is 21.0 Å². The number of esters is 1. The zero-order chi connectivity index (χ0) is 19.6. The summed E-state index contributed by atoms with van der Waals surface area (Å²) in [7, 11) is 1.61. The van der Waals surface area contributed by atoms with Gasteiger partial charge in [0.15, 0.2) is 0 Å². The third kappa shape index (κ3) is 7.29. The van der Waals surface area contributed by atoms with Gasteiger partial charge in [-0.2, -0.15) is 0 Å². The quantitative estimate of drug-likeness (QED) is 0.308. The smallest absolute Gasteiger partial charge is 0.346 e. The van der Waals surface area contributed by atoms with Gasteiger partial charge in [-0.1, -0.05) is 0 Å². The largest absolute Gasteiger partial charge is 0.497 e. The predicted molar refractivity (Wildman–Crippen MR) is 111 cm³/mol. The van der Waals surface area contributed by atoms with Gasteiger partial charge in [0.1, 0.15) is 10.7 Å². The second-order valence-electron chi connectivity index (χ2n) is 4.90. The first-order valence-corrected chi connectivity index (χ1v) is 12.3. The number of methoxy groups -OCH3 is 1. The molecule has 0 unspecified atom stereocenters. The van der Waals surface area contributed by atoms with E-state index in [0.717, 1.165) is 22.8 Å². The summed E-state index contributed by atoms with van der Waals surface area (Å²) >= 11 is 6.66. The van der Waals surface area contributed by atoms with E-state index in [2.05, 4.69) is 5.32 Å². The van der Waals surface area contributed by atoms with E-state index in [4.69, 9.17) is 30.3 Å². The van der Waals surface area contributed by atoms with E-state index >= 15 is 0 Å². The fourth-order valence-electron chi connectivity index (χ4n) is 1.92. The molecule has 1 N–H and O–H groups in total. The van der Waals surface area contributed by atoms with Gasteiger partial charge >= 0.3 is 5.97 Å². The predicted octanol–water partition coefficient (Wildman–Crippen LogP) is 4.93. The van der Waals surface area contributed by atoms with Crippen LogP contribution < -0.4 is 10.1 Å². The molecule has 1 rings (SSSR count). The number of hydrogen-bond acceptors (Lipinski definition) is 8. The van der Waals surface area contributed by atoms with Crippen molar-refractivity contribution in [3.8, 4) is 5.75 Å². The topological polar surface area (TPSA) is 66.0 Å². The molecule has 0 amide bonds. The van der Waals surface area contributed by atoms with Crippen molar-refractivity contribution in [2.75, 3.05) is 32.2 Å². The van der Waals surface area contributed by atoms with Gasteiger partial charge in [-0.3, -0.25) is 0 Å². The molecule has 1 aromatic carbocycles. The Morgan fingerprint density at radius 1 is 1.12 bits per heavy atom. The zero-order valence-electron chi connectivity index (χ0n) is 15.7. The molecule has 0 aliphatic carbocycles. The summed E-state index contributed by atoms with van der Waals surface area (Å²) in [5, 5.41) is 3.20. The zero-order valence-corrected chi connectivity index (χ0v) is 18.3. The van der Waals surface area contributed by atoms with Gasteiger partial charge in [0.25, 0.3) is 5.69 Å². The van der Waals surface area contributed by atoms with Gasteiger partial charge < -0.3 is 23.8 Å². The van der Waals surface area contributed by atoms with Gasteiger partial charge in [-0.15, -0.1) is 0 Å². The number of hydrogen-bond donors (Lipinski definition) is 1. The van der Waals surface area contributed by atoms with Crippen LogP contribution in [-0.4, -0.2) is 32.9 Å². The Kier molecular flexibility index (Phi) is 10.3. The number of anilines is 1. The van der Waals surface area contributed by atoms with Crippen LogP contribution in [0.25, 0.3) is 0 Å². The van der Waals surface area contributed by atoms with Crippen LogP contribution in [0.4, 0.5) is 5.69 Å². The SMILES string of the molecule is CCOC(=O)/C(SP(=S)(OCC)OCC)=C(/C)Nc1ccc(OC)cc1. The van der Waals surface area contributed by atoms with Crippen molar-refractivity contribution in [1.29, 1.82) is 0 Å². The van der Waals surface area contributed by atoms with Crippen LogP contribution in [0.15, 0.2) is 34.9 Å². The second-order valence-corrected chi connectivity index (χ2v) is 11.0. The van der Waals surface area contributed by atoms with Crippen LogP contribution in [0.2, 0.25) is 0 Å². The van der Waals surface area contributed by atoms with Gasteiger partial charge in [0, 0.05) is 11.4 Å². The number of carbonyl (C=O) groups is 1. The summed E-state index contributed by atoms with van der Waals surface area (Å²) in [5.41, 5.74) is -1.26. The summed E-state index contributed by atoms with van der Waals surface area (Å²) in [6, 6.07) is 7.38. The van der Waals surface area contributed by atoms with Crippen LogP contribution >= 0.6 is 17.1 Å². The van der Waals surface area contributed by atoms with Crippen molar-refractivity contribution >= 4 is 40.5 Å². The maximum atomic E-state index is 12.5. The summed E-state index contributed by atoms with van der Waals surface area (Å²) in [4.78, 5) is 12.8. The minimum absolute atomic E-state index is 0.269. The number of benzene rings is 1. The van der Waals surface area contributed by atoms with Crippen molar-refractivity contribution in [2.45, 2.75) is 27.7 Å². The fourth-order valence-corrected chi connectivity index (χ4v) is 6.84. The highest BCUT2D eigenvalue weighted by molar-refractivity contribution is 8.69. The lowest BCUT2D eigenvalue weighted by atomic mass is 10.3. The molecule has 0 aliphatic rings. The molecule has 0 spiro atoms. The Morgan fingerprint density at radius 3 is 2.15 bits per heavy atom. The van der Waals surface area contributed by atoms with E-state index in [1.807, 2.05) is 38.1 Å². The third-order valence-corrected chi connectivity index (χ3v) is 8.18. The lowest BCUT2D eigenvalue weighted by Gasteiger charge is -2.22. The van der Waals surface area contributed by atoms with Crippen molar-refractivity contribution in [2.24, 2.45) is 0 Å². The molecular weight excluding hydrogens is 393 g/mol. The summed E-state index contributed by atoms with van der Waals surface area (Å²) < 4.78 is 21.6. The Balaban J connectivity index is 3.13. The molecule has 0 aliphatic heterocycles. The summed E-state index contributed by atoms with van der Waals surface area (Å²) in [6.45, 7) is 8.32. The normalized spacial score (nSPS) is 12.3. The lowest BCUT2D eigenvalue weighted by molar-refractivity contribution is -0.137. The monoisotopic (exact) mass is 419 g/mol. The van der Waals surface area contributed by atoms with E-state index < -0.39 is 11.7 Å². The molecule has 0 radical (unpaired) electrons. The highest BCUT2D eigenvalue weighted by atomic mass is 32.9. The molecule has 0 bridgehead atoms. The molecule has 146 valence electrons. The number of nitrogens with one attached hydrogen (secondary N) is 1. The lowest BCUT2D eigenvalue weighted by Crippen LogP contribution is -2.11. The molecule has 0 aromatic heterocycles. The molecule has 26 heavy (non-hydrogen) atoms. The van der Waals surface area contributed by atoms with Gasteiger partial charge in [0.2, 0.25) is 0 Å². The summed E-state index contributed by atoms with van der Waals surface area (Å²) in [5.74, 6) is 0.296. The number of carbonyl (C=O) groups excluding carboxylic acids is 1. The van der Waals surface area contributed by atoms with Gasteiger partial charge in [-0.25, -0.2) is 4.79 Å². The van der Waals surface area contributed by atoms with Crippen LogP contribution in [0.1, 0.15) is 27.7 Å². The van der Waals surface area contributed by atoms with Crippen molar-refractivity contribution in [3.63, 3.8) is 0 Å². The first-order valence-electron chi connectivity index (χ1n) is 8.26. The van der Waals surface area contributed by atoms with Crippen molar-refractivity contribution in [3.05, 3.63) is 34.9 Å². The average molecular weight is 420 g/mol. The minimum atomic E-state index is -2.69. The molecular formula is C17H26NO5PS2. The van der Waals surface area contributed by atoms with Crippen LogP contribution in [0, 0.1) is 0 Å². The van der Waals surface area contributed by atoms with Gasteiger partial charge in [-0.05, 0) is 75.1 Å². The number of ether oxygens (including phenoxy) is 2. The molecule has 0 fully saturated rings. The van der Waals surface area contributed by atoms with E-state index in [0.29, 0.717) is 23.8 Å². The Morgan fingerprint density at radius 2 is 1.69 bits per heavy atom. The molecule has 6 nitrogen and oxygen atoms in total. The molecule has 0 saturated carbocycles.